The molecule has 0 N–H and O–H groups in total. The summed E-state index contributed by atoms with van der Waals surface area (Å²) in [7, 11) is -0.548. The zero-order valence-corrected chi connectivity index (χ0v) is 23.4. The summed E-state index contributed by atoms with van der Waals surface area (Å²) in [5.74, 6) is 0. The molecular weight excluding hydrogens is 521 g/mol. The Labute approximate surface area is 238 Å². The Hall–Kier alpha value is -4.36. The maximum atomic E-state index is 4.56. The van der Waals surface area contributed by atoms with E-state index in [1.165, 1.54) is 68.8 Å². The van der Waals surface area contributed by atoms with Crippen LogP contribution in [0, 0.1) is 0 Å². The number of fused-ring (bicyclic) bond motifs is 5. The fourth-order valence-corrected chi connectivity index (χ4v) is 9.73. The van der Waals surface area contributed by atoms with E-state index in [1.807, 2.05) is 24.2 Å². The van der Waals surface area contributed by atoms with Crippen LogP contribution in [0.5, 0.6) is 0 Å². The fourth-order valence-electron chi connectivity index (χ4n) is 6.00. The van der Waals surface area contributed by atoms with Crippen molar-refractivity contribution in [2.24, 2.45) is 0 Å². The van der Waals surface area contributed by atoms with Crippen LogP contribution in [0.2, 0.25) is 0 Å². The highest BCUT2D eigenvalue weighted by atomic mass is 32.2. The quantitative estimate of drug-likeness (QED) is 0.204. The minimum Gasteiger partial charge on any atom is -0.264 e. The van der Waals surface area contributed by atoms with Crippen molar-refractivity contribution in [3.8, 4) is 16.4 Å². The van der Waals surface area contributed by atoms with Crippen molar-refractivity contribution in [2.75, 3.05) is 0 Å². The van der Waals surface area contributed by atoms with Crippen molar-refractivity contribution in [1.29, 1.82) is 0 Å². The lowest BCUT2D eigenvalue weighted by molar-refractivity contribution is 1.36. The summed E-state index contributed by atoms with van der Waals surface area (Å²) in [5, 5.41) is 12.0. The highest BCUT2D eigenvalue weighted by Crippen LogP contribution is 2.56. The van der Waals surface area contributed by atoms with Crippen LogP contribution in [0.15, 0.2) is 156 Å². The molecule has 6 aromatic carbocycles. The van der Waals surface area contributed by atoms with E-state index in [9.17, 15) is 0 Å². The molecule has 0 bridgehead atoms. The van der Waals surface area contributed by atoms with Crippen LogP contribution in [0.1, 0.15) is 0 Å². The third kappa shape index (κ3) is 3.76. The van der Waals surface area contributed by atoms with Gasteiger partial charge in [0.05, 0.1) is 0 Å². The van der Waals surface area contributed by atoms with Gasteiger partial charge in [0.15, 0.2) is 0 Å². The lowest BCUT2D eigenvalue weighted by Crippen LogP contribution is -1.90. The van der Waals surface area contributed by atoms with Crippen LogP contribution >= 0.6 is 19.3 Å². The van der Waals surface area contributed by atoms with Gasteiger partial charge in [-0.3, -0.25) is 4.98 Å². The Morgan fingerprint density at radius 3 is 1.98 bits per heavy atom. The molecule has 0 saturated carbocycles. The minimum atomic E-state index is -0.548. The van der Waals surface area contributed by atoms with Crippen molar-refractivity contribution in [2.45, 2.75) is 9.79 Å². The lowest BCUT2D eigenvalue weighted by Gasteiger charge is -2.16. The molecule has 0 fully saturated rings. The number of rotatable bonds is 4. The maximum Gasteiger partial charge on any atom is 0.0353 e. The monoisotopic (exact) mass is 545 g/mol. The molecule has 8 rings (SSSR count). The highest BCUT2D eigenvalue weighted by Gasteiger charge is 2.18. The first-order chi connectivity index (χ1) is 19.9. The average Bonchev–Trinajstić information content (AvgIpc) is 3.35. The second-order valence-electron chi connectivity index (χ2n) is 10.0. The summed E-state index contributed by atoms with van der Waals surface area (Å²) < 4.78 is 0. The molecule has 1 nitrogen and oxygen atoms in total. The molecule has 40 heavy (non-hydrogen) atoms. The second-order valence-corrected chi connectivity index (χ2v) is 13.2. The second kappa shape index (κ2) is 9.68. The van der Waals surface area contributed by atoms with E-state index in [0.717, 1.165) is 0 Å². The molecule has 0 spiro atoms. The first-order valence-electron chi connectivity index (χ1n) is 13.5. The molecule has 0 aliphatic carbocycles. The molecule has 8 aromatic rings. The van der Waals surface area contributed by atoms with E-state index in [4.69, 9.17) is 0 Å². The molecule has 0 aliphatic rings. The molecule has 0 radical (unpaired) electrons. The number of aromatic nitrogens is 1. The predicted molar refractivity (Wildman–Crippen MR) is 174 cm³/mol. The summed E-state index contributed by atoms with van der Waals surface area (Å²) in [4.78, 5) is 7.10. The van der Waals surface area contributed by atoms with Crippen LogP contribution in [0.25, 0.3) is 59.0 Å². The van der Waals surface area contributed by atoms with E-state index in [-0.39, 0.29) is 0 Å². The molecule has 3 heteroatoms. The summed E-state index contributed by atoms with van der Waals surface area (Å²) in [5.41, 5.74) is 2.47. The van der Waals surface area contributed by atoms with Gasteiger partial charge in [0.25, 0.3) is 0 Å². The molecule has 2 aromatic heterocycles. The van der Waals surface area contributed by atoms with Gasteiger partial charge in [-0.05, 0) is 67.6 Å². The Morgan fingerprint density at radius 1 is 0.500 bits per heavy atom. The number of nitrogens with zero attached hydrogens (tertiary/aromatic N) is 1. The van der Waals surface area contributed by atoms with Gasteiger partial charge in [-0.15, -0.1) is 0 Å². The average molecular weight is 546 g/mol. The van der Waals surface area contributed by atoms with Crippen LogP contribution in [-0.4, -0.2) is 4.98 Å². The predicted octanol–water partition coefficient (Wildman–Crippen LogP) is 11.5. The molecule has 0 saturated heterocycles. The first kappa shape index (κ1) is 23.5. The highest BCUT2D eigenvalue weighted by molar-refractivity contribution is 7.99. The number of hydrogen-bond donors (Lipinski definition) is 0. The summed E-state index contributed by atoms with van der Waals surface area (Å²) in [6.07, 6.45) is 3.95. The van der Waals surface area contributed by atoms with Crippen LogP contribution in [-0.2, 0) is 0 Å². The van der Waals surface area contributed by atoms with Gasteiger partial charge in [-0.2, -0.15) is 0 Å². The van der Waals surface area contributed by atoms with Gasteiger partial charge in [0.2, 0.25) is 0 Å². The minimum absolute atomic E-state index is 0.548. The number of pyridine rings is 1. The lowest BCUT2D eigenvalue weighted by atomic mass is 9.93. The van der Waals surface area contributed by atoms with Gasteiger partial charge >= 0.3 is 0 Å². The van der Waals surface area contributed by atoms with Crippen molar-refractivity contribution in [1.82, 2.24) is 4.98 Å². The topological polar surface area (TPSA) is 12.9 Å². The van der Waals surface area contributed by atoms with Crippen molar-refractivity contribution in [3.05, 3.63) is 146 Å². The third-order valence-electron chi connectivity index (χ3n) is 7.72. The van der Waals surface area contributed by atoms with Crippen LogP contribution in [0.3, 0.4) is 0 Å². The maximum absolute atomic E-state index is 4.56. The summed E-state index contributed by atoms with van der Waals surface area (Å²) >= 11 is 1.87. The Morgan fingerprint density at radius 2 is 1.15 bits per heavy atom. The standard InChI is InChI=1S/C37H24NPS/c1-3-11-25(12-4-1)36-29-16-7-8-17-30(29)37(31-21-22-38-24-33(31)36)40-27-19-20-35-32(23-27)28-15-9-10-18-34(28)39(35)26-13-5-2-6-14-26/h1-24H. The first-order valence-corrected chi connectivity index (χ1v) is 15.6. The van der Waals surface area contributed by atoms with Gasteiger partial charge in [0, 0.05) is 37.8 Å². The van der Waals surface area contributed by atoms with Crippen molar-refractivity contribution >= 4 is 61.8 Å². The van der Waals surface area contributed by atoms with E-state index >= 15 is 0 Å². The van der Waals surface area contributed by atoms with Gasteiger partial charge in [-0.25, -0.2) is 0 Å². The van der Waals surface area contributed by atoms with E-state index in [0.29, 0.717) is 0 Å². The summed E-state index contributed by atoms with van der Waals surface area (Å²) in [6.45, 7) is 0. The number of benzene rings is 6. The van der Waals surface area contributed by atoms with E-state index in [1.54, 1.807) is 0 Å². The van der Waals surface area contributed by atoms with Gasteiger partial charge in [-0.1, -0.05) is 128 Å². The Bertz CT molecular complexity index is 2130. The van der Waals surface area contributed by atoms with E-state index in [2.05, 4.69) is 138 Å². The Balaban J connectivity index is 1.36. The molecule has 188 valence electrons. The summed E-state index contributed by atoms with van der Waals surface area (Å²) in [6, 6.07) is 48.7. The molecule has 2 heterocycles. The normalized spacial score (nSPS) is 12.1. The molecule has 1 unspecified atom stereocenters. The number of hydrogen-bond acceptors (Lipinski definition) is 2. The van der Waals surface area contributed by atoms with E-state index < -0.39 is 7.53 Å². The zero-order valence-electron chi connectivity index (χ0n) is 21.7. The van der Waals surface area contributed by atoms with Crippen LogP contribution < -0.4 is 0 Å². The van der Waals surface area contributed by atoms with Gasteiger partial charge in [0.1, 0.15) is 0 Å². The van der Waals surface area contributed by atoms with Crippen LogP contribution in [0.4, 0.5) is 0 Å². The molecular formula is C37H24NPS. The molecule has 1 atom stereocenters. The van der Waals surface area contributed by atoms with Gasteiger partial charge < -0.3 is 0 Å². The SMILES string of the molecule is c1ccc(-c2c3ccccc3c(Sc3ccc4c(c3)c3ccccc3p4-c3ccccc3)c3ccncc23)cc1. The fraction of sp³-hybridized carbons (Fsp3) is 0. The van der Waals surface area contributed by atoms with Crippen molar-refractivity contribution < 1.29 is 0 Å². The largest absolute Gasteiger partial charge is 0.264 e. The smallest absolute Gasteiger partial charge is 0.0353 e. The van der Waals surface area contributed by atoms with Crippen molar-refractivity contribution in [3.63, 3.8) is 0 Å². The Kier molecular flexibility index (Phi) is 5.69. The third-order valence-corrected chi connectivity index (χ3v) is 11.4. The molecule has 0 amide bonds. The molecule has 0 aliphatic heterocycles. The zero-order chi connectivity index (χ0) is 26.5.